The Morgan fingerprint density at radius 3 is 2.64 bits per heavy atom. The molecule has 1 fully saturated rings. The number of thioether (sulfide) groups is 1. The van der Waals surface area contributed by atoms with Gasteiger partial charge in [0.1, 0.15) is 0 Å². The molecule has 1 heterocycles. The zero-order valence-corrected chi connectivity index (χ0v) is 10.6. The van der Waals surface area contributed by atoms with Crippen molar-refractivity contribution in [3.05, 3.63) is 0 Å². The Morgan fingerprint density at radius 1 is 1.50 bits per heavy atom. The van der Waals surface area contributed by atoms with Crippen LogP contribution in [0.1, 0.15) is 33.6 Å². The Hall–Kier alpha value is 0.270. The van der Waals surface area contributed by atoms with Gasteiger partial charge in [0.05, 0.1) is 12.7 Å². The fourth-order valence-electron chi connectivity index (χ4n) is 1.93. The molecule has 2 nitrogen and oxygen atoms in total. The van der Waals surface area contributed by atoms with Gasteiger partial charge in [-0.2, -0.15) is 11.8 Å². The summed E-state index contributed by atoms with van der Waals surface area (Å²) in [5.74, 6) is 1.30. The van der Waals surface area contributed by atoms with Gasteiger partial charge < -0.3 is 10.1 Å². The lowest BCUT2D eigenvalue weighted by Crippen LogP contribution is -2.47. The van der Waals surface area contributed by atoms with Gasteiger partial charge in [-0.05, 0) is 46.4 Å². The zero-order chi connectivity index (χ0) is 10.6. The van der Waals surface area contributed by atoms with Gasteiger partial charge >= 0.3 is 0 Å². The first-order chi connectivity index (χ1) is 6.58. The third kappa shape index (κ3) is 3.14. The maximum absolute atomic E-state index is 5.70. The number of ether oxygens (including phenoxy) is 1. The molecule has 0 aliphatic carbocycles. The maximum atomic E-state index is 5.70. The molecular formula is C11H23NOS. The van der Waals surface area contributed by atoms with E-state index in [-0.39, 0.29) is 0 Å². The molecule has 2 unspecified atom stereocenters. The number of likely N-dealkylation sites (N-methyl/N-ethyl adjacent to an activating group) is 1. The minimum atomic E-state index is 0.334. The Bertz CT molecular complexity index is 167. The highest BCUT2D eigenvalue weighted by Crippen LogP contribution is 2.40. The first kappa shape index (κ1) is 12.3. The Kier molecular flexibility index (Phi) is 4.74. The minimum Gasteiger partial charge on any atom is -0.377 e. The molecule has 1 N–H and O–H groups in total. The average molecular weight is 217 g/mol. The molecule has 0 aromatic heterocycles. The fraction of sp³-hybridized carbons (Fsp3) is 1.00. The van der Waals surface area contributed by atoms with E-state index in [0.717, 1.165) is 6.61 Å². The van der Waals surface area contributed by atoms with E-state index in [0.29, 0.717) is 16.9 Å². The molecule has 0 aromatic rings. The van der Waals surface area contributed by atoms with Crippen molar-refractivity contribution in [1.29, 1.82) is 0 Å². The Labute approximate surface area is 92.2 Å². The predicted octanol–water partition coefficient (Wildman–Crippen LogP) is 2.29. The van der Waals surface area contributed by atoms with Crippen molar-refractivity contribution < 1.29 is 4.74 Å². The second-order valence-corrected chi connectivity index (χ2v) is 6.12. The minimum absolute atomic E-state index is 0.334. The lowest BCUT2D eigenvalue weighted by Gasteiger charge is -2.33. The highest BCUT2D eigenvalue weighted by Gasteiger charge is 2.37. The number of rotatable bonds is 5. The van der Waals surface area contributed by atoms with Crippen LogP contribution >= 0.6 is 11.8 Å². The highest BCUT2D eigenvalue weighted by molar-refractivity contribution is 8.00. The summed E-state index contributed by atoms with van der Waals surface area (Å²) in [6, 6.07) is 0.484. The summed E-state index contributed by atoms with van der Waals surface area (Å²) in [7, 11) is 2.04. The van der Waals surface area contributed by atoms with Crippen LogP contribution in [0.3, 0.4) is 0 Å². The van der Waals surface area contributed by atoms with Gasteiger partial charge in [0.25, 0.3) is 0 Å². The van der Waals surface area contributed by atoms with E-state index < -0.39 is 0 Å². The van der Waals surface area contributed by atoms with Gasteiger partial charge in [0.2, 0.25) is 0 Å². The van der Waals surface area contributed by atoms with Crippen molar-refractivity contribution in [2.24, 2.45) is 0 Å². The van der Waals surface area contributed by atoms with Gasteiger partial charge in [-0.15, -0.1) is 0 Å². The number of nitrogens with one attached hydrogen (secondary N) is 1. The molecule has 1 aliphatic heterocycles. The van der Waals surface area contributed by atoms with Crippen molar-refractivity contribution in [3.8, 4) is 0 Å². The fourth-order valence-corrected chi connectivity index (χ4v) is 3.36. The number of hydrogen-bond donors (Lipinski definition) is 1. The monoisotopic (exact) mass is 217 g/mol. The molecule has 0 radical (unpaired) electrons. The lowest BCUT2D eigenvalue weighted by atomic mass is 9.97. The molecule has 3 heteroatoms. The summed E-state index contributed by atoms with van der Waals surface area (Å²) < 4.78 is 6.08. The lowest BCUT2D eigenvalue weighted by molar-refractivity contribution is 0.0555. The van der Waals surface area contributed by atoms with Crippen LogP contribution in [0.25, 0.3) is 0 Å². The van der Waals surface area contributed by atoms with Crippen LogP contribution in [0.5, 0.6) is 0 Å². The summed E-state index contributed by atoms with van der Waals surface area (Å²) in [6.07, 6.45) is 2.99. The first-order valence-electron chi connectivity index (χ1n) is 5.51. The van der Waals surface area contributed by atoms with E-state index in [1.54, 1.807) is 0 Å². The van der Waals surface area contributed by atoms with E-state index in [2.05, 4.69) is 37.8 Å². The topological polar surface area (TPSA) is 21.3 Å². The third-order valence-corrected chi connectivity index (χ3v) is 4.57. The molecule has 84 valence electrons. The van der Waals surface area contributed by atoms with E-state index in [1.807, 2.05) is 7.05 Å². The summed E-state index contributed by atoms with van der Waals surface area (Å²) in [5.41, 5.74) is 0. The largest absolute Gasteiger partial charge is 0.377 e. The van der Waals surface area contributed by atoms with Crippen LogP contribution in [-0.4, -0.2) is 36.3 Å². The van der Waals surface area contributed by atoms with Gasteiger partial charge in [-0.1, -0.05) is 0 Å². The van der Waals surface area contributed by atoms with Gasteiger partial charge in [0.15, 0.2) is 0 Å². The summed E-state index contributed by atoms with van der Waals surface area (Å²) in [5, 5.41) is 3.39. The van der Waals surface area contributed by atoms with Crippen molar-refractivity contribution in [2.75, 3.05) is 19.4 Å². The normalized spacial score (nSPS) is 29.8. The van der Waals surface area contributed by atoms with Gasteiger partial charge in [-0.3, -0.25) is 0 Å². The van der Waals surface area contributed by atoms with Crippen LogP contribution in [0.4, 0.5) is 0 Å². The molecule has 0 bridgehead atoms. The highest BCUT2D eigenvalue weighted by atomic mass is 32.2. The van der Waals surface area contributed by atoms with Gasteiger partial charge in [0, 0.05) is 10.8 Å². The van der Waals surface area contributed by atoms with E-state index in [9.17, 15) is 0 Å². The molecule has 0 spiro atoms. The van der Waals surface area contributed by atoms with E-state index in [1.165, 1.54) is 18.6 Å². The predicted molar refractivity (Wildman–Crippen MR) is 64.0 cm³/mol. The Morgan fingerprint density at radius 2 is 2.21 bits per heavy atom. The molecule has 0 aromatic carbocycles. The van der Waals surface area contributed by atoms with Crippen molar-refractivity contribution in [2.45, 2.75) is 50.5 Å². The van der Waals surface area contributed by atoms with Crippen LogP contribution in [-0.2, 0) is 4.74 Å². The molecular weight excluding hydrogens is 194 g/mol. The third-order valence-electron chi connectivity index (χ3n) is 2.93. The van der Waals surface area contributed by atoms with Crippen molar-refractivity contribution in [3.63, 3.8) is 0 Å². The summed E-state index contributed by atoms with van der Waals surface area (Å²) >= 11 is 2.09. The SMILES string of the molecule is CNC(COC(C)C)C1(C)CCCS1. The molecule has 1 aliphatic rings. The Balaban J connectivity index is 2.43. The van der Waals surface area contributed by atoms with Crippen molar-refractivity contribution >= 4 is 11.8 Å². The maximum Gasteiger partial charge on any atom is 0.0636 e. The van der Waals surface area contributed by atoms with E-state index in [4.69, 9.17) is 4.74 Å². The van der Waals surface area contributed by atoms with Crippen LogP contribution in [0.15, 0.2) is 0 Å². The standard InChI is InChI=1S/C11H23NOS/c1-9(2)13-8-10(12-4)11(3)6-5-7-14-11/h9-10,12H,5-8H2,1-4H3. The number of hydrogen-bond acceptors (Lipinski definition) is 3. The molecule has 2 atom stereocenters. The van der Waals surface area contributed by atoms with Crippen LogP contribution < -0.4 is 5.32 Å². The molecule has 0 amide bonds. The second kappa shape index (κ2) is 5.38. The molecule has 14 heavy (non-hydrogen) atoms. The smallest absolute Gasteiger partial charge is 0.0636 e. The molecule has 1 saturated heterocycles. The van der Waals surface area contributed by atoms with Gasteiger partial charge in [-0.25, -0.2) is 0 Å². The summed E-state index contributed by atoms with van der Waals surface area (Å²) in [4.78, 5) is 0. The molecule has 1 rings (SSSR count). The zero-order valence-electron chi connectivity index (χ0n) is 9.80. The van der Waals surface area contributed by atoms with Crippen molar-refractivity contribution in [1.82, 2.24) is 5.32 Å². The first-order valence-corrected chi connectivity index (χ1v) is 6.50. The summed E-state index contributed by atoms with van der Waals surface area (Å²) in [6.45, 7) is 7.38. The second-order valence-electron chi connectivity index (χ2n) is 4.49. The average Bonchev–Trinajstić information content (AvgIpc) is 2.53. The van der Waals surface area contributed by atoms with Crippen LogP contribution in [0, 0.1) is 0 Å². The van der Waals surface area contributed by atoms with E-state index >= 15 is 0 Å². The molecule has 0 saturated carbocycles. The van der Waals surface area contributed by atoms with Crippen LogP contribution in [0.2, 0.25) is 0 Å². The quantitative estimate of drug-likeness (QED) is 0.763.